The highest BCUT2D eigenvalue weighted by atomic mass is 16.5. The minimum Gasteiger partial charge on any atom is -0.491 e. The summed E-state index contributed by atoms with van der Waals surface area (Å²) in [6.45, 7) is 1.85. The number of rotatable bonds is 6. The molecule has 0 spiro atoms. The van der Waals surface area contributed by atoms with E-state index in [2.05, 4.69) is 0 Å². The van der Waals surface area contributed by atoms with Crippen LogP contribution in [0.1, 0.15) is 41.6 Å². The van der Waals surface area contributed by atoms with Crippen molar-refractivity contribution in [2.75, 3.05) is 6.61 Å². The lowest BCUT2D eigenvalue weighted by molar-refractivity contribution is -0.137. The van der Waals surface area contributed by atoms with Crippen LogP contribution in [-0.2, 0) is 9.59 Å². The van der Waals surface area contributed by atoms with Crippen LogP contribution in [0, 0.1) is 12.3 Å². The number of aryl methyl sites for hydroxylation is 1. The van der Waals surface area contributed by atoms with Crippen LogP contribution in [0.2, 0.25) is 0 Å². The van der Waals surface area contributed by atoms with Gasteiger partial charge in [0.25, 0.3) is 0 Å². The zero-order valence-corrected chi connectivity index (χ0v) is 12.3. The number of carbonyl (C=O) groups excluding carboxylic acids is 1. The number of hydrogen-bond donors (Lipinski definition) is 2. The van der Waals surface area contributed by atoms with Crippen molar-refractivity contribution in [1.82, 2.24) is 0 Å². The molecule has 0 bridgehead atoms. The fourth-order valence-electron chi connectivity index (χ4n) is 2.77. The second-order valence-corrected chi connectivity index (χ2v) is 5.64. The van der Waals surface area contributed by atoms with Gasteiger partial charge in [0.15, 0.2) is 5.78 Å². The first-order chi connectivity index (χ1) is 10.4. The molecule has 0 atom stereocenters. The predicted octanol–water partition coefficient (Wildman–Crippen LogP) is 2.29. The van der Waals surface area contributed by atoms with Crippen molar-refractivity contribution in [3.05, 3.63) is 29.3 Å². The molecule has 0 fully saturated rings. The molecule has 0 saturated carbocycles. The van der Waals surface area contributed by atoms with Crippen LogP contribution in [0.5, 0.6) is 5.75 Å². The lowest BCUT2D eigenvalue weighted by atomic mass is 9.72. The first-order valence-corrected chi connectivity index (χ1v) is 7.06. The Hall–Kier alpha value is -2.37. The van der Waals surface area contributed by atoms with Crippen molar-refractivity contribution in [3.63, 3.8) is 0 Å². The van der Waals surface area contributed by atoms with Crippen LogP contribution in [0.15, 0.2) is 18.2 Å². The Kier molecular flexibility index (Phi) is 4.49. The van der Waals surface area contributed by atoms with E-state index in [0.717, 1.165) is 5.56 Å². The fraction of sp³-hybridized carbons (Fsp3) is 0.438. The molecule has 1 aliphatic rings. The molecule has 0 aromatic heterocycles. The maximum atomic E-state index is 12.9. The number of ether oxygens (including phenoxy) is 1. The summed E-state index contributed by atoms with van der Waals surface area (Å²) in [4.78, 5) is 34.6. The van der Waals surface area contributed by atoms with Gasteiger partial charge < -0.3 is 14.9 Å². The molecule has 0 unspecified atom stereocenters. The number of aliphatic carboxylic acids is 2. The van der Waals surface area contributed by atoms with E-state index in [4.69, 9.17) is 14.9 Å². The van der Waals surface area contributed by atoms with Gasteiger partial charge in [-0.25, -0.2) is 0 Å². The van der Waals surface area contributed by atoms with Gasteiger partial charge >= 0.3 is 11.9 Å². The number of carboxylic acid groups (broad SMARTS) is 2. The number of para-hydroxylation sites is 1. The first-order valence-electron chi connectivity index (χ1n) is 7.06. The summed E-state index contributed by atoms with van der Waals surface area (Å²) < 4.78 is 5.70. The predicted molar refractivity (Wildman–Crippen MR) is 77.2 cm³/mol. The molecule has 0 aliphatic carbocycles. The first kappa shape index (κ1) is 16.0. The van der Waals surface area contributed by atoms with Gasteiger partial charge in [-0.1, -0.05) is 12.1 Å². The van der Waals surface area contributed by atoms with E-state index in [9.17, 15) is 14.4 Å². The van der Waals surface area contributed by atoms with Crippen molar-refractivity contribution in [1.29, 1.82) is 0 Å². The molecule has 1 heterocycles. The van der Waals surface area contributed by atoms with E-state index in [-0.39, 0.29) is 38.1 Å². The van der Waals surface area contributed by atoms with Gasteiger partial charge in [-0.3, -0.25) is 14.4 Å². The third kappa shape index (κ3) is 3.10. The molecule has 1 aromatic rings. The average molecular weight is 306 g/mol. The second-order valence-electron chi connectivity index (χ2n) is 5.64. The van der Waals surface area contributed by atoms with E-state index < -0.39 is 17.4 Å². The molecule has 1 aliphatic heterocycles. The second kappa shape index (κ2) is 6.17. The van der Waals surface area contributed by atoms with Crippen molar-refractivity contribution in [2.24, 2.45) is 5.41 Å². The van der Waals surface area contributed by atoms with Gasteiger partial charge in [0.05, 0.1) is 11.0 Å². The summed E-state index contributed by atoms with van der Waals surface area (Å²) in [5.41, 5.74) is 0.148. The molecule has 6 heteroatoms. The molecule has 0 amide bonds. The summed E-state index contributed by atoms with van der Waals surface area (Å²) in [7, 11) is 0. The highest BCUT2D eigenvalue weighted by molar-refractivity contribution is 6.04. The van der Waals surface area contributed by atoms with Crippen LogP contribution in [-0.4, -0.2) is 34.5 Å². The lowest BCUT2D eigenvalue weighted by Gasteiger charge is -2.36. The number of ketones is 1. The molecule has 2 N–H and O–H groups in total. The van der Waals surface area contributed by atoms with E-state index in [0.29, 0.717) is 11.3 Å². The van der Waals surface area contributed by atoms with Crippen molar-refractivity contribution < 1.29 is 29.3 Å². The molecule has 1 aromatic carbocycles. The van der Waals surface area contributed by atoms with Gasteiger partial charge in [-0.2, -0.15) is 0 Å². The maximum absolute atomic E-state index is 12.9. The molecule has 0 saturated heterocycles. The molecule has 6 nitrogen and oxygen atoms in total. The van der Waals surface area contributed by atoms with Crippen molar-refractivity contribution in [2.45, 2.75) is 32.6 Å². The number of fused-ring (bicyclic) bond motifs is 1. The maximum Gasteiger partial charge on any atom is 0.303 e. The Balaban J connectivity index is 2.35. The quantitative estimate of drug-likeness (QED) is 0.836. The van der Waals surface area contributed by atoms with Crippen LogP contribution >= 0.6 is 0 Å². The van der Waals surface area contributed by atoms with E-state index in [1.165, 1.54) is 0 Å². The van der Waals surface area contributed by atoms with Crippen LogP contribution < -0.4 is 4.74 Å². The van der Waals surface area contributed by atoms with Gasteiger partial charge in [-0.15, -0.1) is 0 Å². The Morgan fingerprint density at radius 2 is 1.77 bits per heavy atom. The van der Waals surface area contributed by atoms with E-state index >= 15 is 0 Å². The highest BCUT2D eigenvalue weighted by Crippen LogP contribution is 2.42. The van der Waals surface area contributed by atoms with Crippen molar-refractivity contribution in [3.8, 4) is 5.75 Å². The minimum atomic E-state index is -1.09. The fourth-order valence-corrected chi connectivity index (χ4v) is 2.77. The van der Waals surface area contributed by atoms with Gasteiger partial charge in [0.2, 0.25) is 0 Å². The van der Waals surface area contributed by atoms with Gasteiger partial charge in [0, 0.05) is 12.8 Å². The van der Waals surface area contributed by atoms with E-state index in [1.807, 2.05) is 13.0 Å². The van der Waals surface area contributed by atoms with E-state index in [1.54, 1.807) is 12.1 Å². The zero-order chi connectivity index (χ0) is 16.3. The molecule has 0 radical (unpaired) electrons. The zero-order valence-electron chi connectivity index (χ0n) is 12.3. The number of carbonyl (C=O) groups is 3. The summed E-state index contributed by atoms with van der Waals surface area (Å²) in [5.74, 6) is -1.75. The summed E-state index contributed by atoms with van der Waals surface area (Å²) in [5, 5.41) is 17.8. The van der Waals surface area contributed by atoms with Gasteiger partial charge in [0.1, 0.15) is 12.4 Å². The Labute approximate surface area is 127 Å². The topological polar surface area (TPSA) is 101 Å². The summed E-state index contributed by atoms with van der Waals surface area (Å²) in [6, 6.07) is 5.20. The number of Topliss-reactive ketones (excluding diaryl/α,β-unsaturated/α-hetero) is 1. The number of carboxylic acids is 2. The van der Waals surface area contributed by atoms with Crippen LogP contribution in [0.3, 0.4) is 0 Å². The Morgan fingerprint density at radius 1 is 1.18 bits per heavy atom. The standard InChI is InChI=1S/C16H18O6/c1-10-3-2-4-11-14(10)22-9-16(15(11)21,7-5-12(17)18)8-6-13(19)20/h2-4H,5-9H2,1H3,(H,17,18)(H,19,20). The molecule has 22 heavy (non-hydrogen) atoms. The summed E-state index contributed by atoms with van der Waals surface area (Å²) >= 11 is 0. The monoisotopic (exact) mass is 306 g/mol. The number of benzene rings is 1. The Morgan fingerprint density at radius 3 is 2.32 bits per heavy atom. The third-order valence-corrected chi connectivity index (χ3v) is 4.07. The molecular formula is C16H18O6. The van der Waals surface area contributed by atoms with Crippen LogP contribution in [0.4, 0.5) is 0 Å². The van der Waals surface area contributed by atoms with Gasteiger partial charge in [-0.05, 0) is 31.4 Å². The molecule has 118 valence electrons. The number of hydrogen-bond acceptors (Lipinski definition) is 4. The lowest BCUT2D eigenvalue weighted by Crippen LogP contribution is -2.42. The highest BCUT2D eigenvalue weighted by Gasteiger charge is 2.44. The Bertz CT molecular complexity index is 601. The van der Waals surface area contributed by atoms with Crippen LogP contribution in [0.25, 0.3) is 0 Å². The normalized spacial score (nSPS) is 15.8. The minimum absolute atomic E-state index is 0.0181. The largest absolute Gasteiger partial charge is 0.491 e. The third-order valence-electron chi connectivity index (χ3n) is 4.07. The smallest absolute Gasteiger partial charge is 0.303 e. The SMILES string of the molecule is Cc1cccc2c1OCC(CCC(=O)O)(CCC(=O)O)C2=O. The summed E-state index contributed by atoms with van der Waals surface area (Å²) in [6.07, 6.45) is -0.255. The molecular weight excluding hydrogens is 288 g/mol. The average Bonchev–Trinajstić information content (AvgIpc) is 2.46. The van der Waals surface area contributed by atoms with Crippen molar-refractivity contribution >= 4 is 17.7 Å². The molecule has 2 rings (SSSR count).